The van der Waals surface area contributed by atoms with Crippen LogP contribution in [-0.4, -0.2) is 88.9 Å². The van der Waals surface area contributed by atoms with Gasteiger partial charge in [-0.2, -0.15) is 0 Å². The smallest absolute Gasteiger partial charge is 0.408 e. The van der Waals surface area contributed by atoms with Gasteiger partial charge in [0.2, 0.25) is 5.91 Å². The zero-order chi connectivity index (χ0) is 37.0. The lowest BCUT2D eigenvalue weighted by molar-refractivity contribution is -0.138. The van der Waals surface area contributed by atoms with E-state index in [1.165, 1.54) is 21.2 Å². The standard InChI is InChI=1S/C41H44Cl2N4O5/c1-41(2,3)52-40(51)44-36(24-30-16-17-31(42)25-35(30)43)39(50)46-22-21-45(20-18-27-14-15-28-9-4-5-10-29(28)23-27)26-32(46)11-8-19-47-37(48)33-12-6-7-13-34(33)38(47)49/h4-7,9-10,12-17,23,25,32,36H,8,11,18-22,24,26H2,1-3H3,(H,44,51). The number of hydrogen-bond acceptors (Lipinski definition) is 6. The van der Waals surface area contributed by atoms with E-state index in [-0.39, 0.29) is 36.7 Å². The molecular formula is C41H44Cl2N4O5. The summed E-state index contributed by atoms with van der Waals surface area (Å²) in [5.74, 6) is -0.844. The van der Waals surface area contributed by atoms with Crippen molar-refractivity contribution < 1.29 is 23.9 Å². The Bertz CT molecular complexity index is 1940. The molecule has 9 nitrogen and oxygen atoms in total. The van der Waals surface area contributed by atoms with Crippen LogP contribution in [0.15, 0.2) is 84.9 Å². The van der Waals surface area contributed by atoms with Gasteiger partial charge in [0.1, 0.15) is 11.6 Å². The van der Waals surface area contributed by atoms with Gasteiger partial charge in [0.05, 0.1) is 11.1 Å². The van der Waals surface area contributed by atoms with E-state index in [0.29, 0.717) is 59.2 Å². The van der Waals surface area contributed by atoms with E-state index in [1.54, 1.807) is 63.2 Å². The number of benzene rings is 4. The molecule has 1 N–H and O–H groups in total. The fraction of sp³-hybridized carbons (Fsp3) is 0.366. The van der Waals surface area contributed by atoms with Gasteiger partial charge in [0.15, 0.2) is 0 Å². The largest absolute Gasteiger partial charge is 0.444 e. The highest BCUT2D eigenvalue weighted by atomic mass is 35.5. The van der Waals surface area contributed by atoms with E-state index in [9.17, 15) is 19.2 Å². The zero-order valence-corrected chi connectivity index (χ0v) is 31.3. The molecule has 1 fully saturated rings. The van der Waals surface area contributed by atoms with E-state index in [1.807, 2.05) is 17.0 Å². The van der Waals surface area contributed by atoms with Crippen LogP contribution < -0.4 is 5.32 Å². The van der Waals surface area contributed by atoms with Crippen LogP contribution in [0.4, 0.5) is 4.79 Å². The summed E-state index contributed by atoms with van der Waals surface area (Å²) in [4.78, 5) is 59.3. The van der Waals surface area contributed by atoms with Gasteiger partial charge < -0.3 is 15.0 Å². The molecule has 4 amide bonds. The molecule has 0 saturated carbocycles. The molecule has 11 heteroatoms. The number of carbonyl (C=O) groups is 4. The summed E-state index contributed by atoms with van der Waals surface area (Å²) in [7, 11) is 0. The summed E-state index contributed by atoms with van der Waals surface area (Å²) < 4.78 is 5.55. The molecule has 2 aliphatic heterocycles. The molecular weight excluding hydrogens is 699 g/mol. The summed E-state index contributed by atoms with van der Waals surface area (Å²) in [5, 5.41) is 6.08. The van der Waals surface area contributed by atoms with Crippen molar-refractivity contribution in [3.8, 4) is 0 Å². The Balaban J connectivity index is 1.20. The number of amides is 4. The predicted molar refractivity (Wildman–Crippen MR) is 204 cm³/mol. The first kappa shape index (κ1) is 37.3. The molecule has 4 aromatic carbocycles. The molecule has 0 spiro atoms. The number of rotatable bonds is 11. The second kappa shape index (κ2) is 16.1. The van der Waals surface area contributed by atoms with Crippen molar-refractivity contribution >= 4 is 57.8 Å². The van der Waals surface area contributed by atoms with Crippen LogP contribution in [0.2, 0.25) is 10.0 Å². The monoisotopic (exact) mass is 742 g/mol. The molecule has 2 unspecified atom stereocenters. The summed E-state index contributed by atoms with van der Waals surface area (Å²) in [5.41, 5.74) is 1.97. The van der Waals surface area contributed by atoms with Crippen LogP contribution >= 0.6 is 23.2 Å². The number of halogens is 2. The zero-order valence-electron chi connectivity index (χ0n) is 29.7. The molecule has 2 aliphatic rings. The first-order valence-corrected chi connectivity index (χ1v) is 18.5. The minimum Gasteiger partial charge on any atom is -0.444 e. The Morgan fingerprint density at radius 2 is 1.56 bits per heavy atom. The number of imide groups is 1. The lowest BCUT2D eigenvalue weighted by Gasteiger charge is -2.43. The van der Waals surface area contributed by atoms with E-state index < -0.39 is 17.7 Å². The van der Waals surface area contributed by atoms with Gasteiger partial charge in [-0.15, -0.1) is 0 Å². The van der Waals surface area contributed by atoms with Gasteiger partial charge >= 0.3 is 6.09 Å². The van der Waals surface area contributed by atoms with Crippen molar-refractivity contribution in [2.45, 2.75) is 64.1 Å². The first-order chi connectivity index (χ1) is 24.9. The van der Waals surface area contributed by atoms with Crippen molar-refractivity contribution in [3.05, 3.63) is 117 Å². The molecule has 2 atom stereocenters. The van der Waals surface area contributed by atoms with E-state index >= 15 is 0 Å². The van der Waals surface area contributed by atoms with Crippen molar-refractivity contribution in [2.24, 2.45) is 0 Å². The number of piperazine rings is 1. The Labute approximate surface area is 314 Å². The van der Waals surface area contributed by atoms with Crippen LogP contribution in [0, 0.1) is 0 Å². The highest BCUT2D eigenvalue weighted by Gasteiger charge is 2.38. The number of hydrogen-bond donors (Lipinski definition) is 1. The first-order valence-electron chi connectivity index (χ1n) is 17.8. The summed E-state index contributed by atoms with van der Waals surface area (Å²) in [6.07, 6.45) is 1.33. The third-order valence-corrected chi connectivity index (χ3v) is 10.2. The topological polar surface area (TPSA) is 99.3 Å². The van der Waals surface area contributed by atoms with E-state index in [0.717, 1.165) is 13.0 Å². The van der Waals surface area contributed by atoms with Gasteiger partial charge in [0, 0.05) is 55.2 Å². The molecule has 4 aromatic rings. The van der Waals surface area contributed by atoms with E-state index in [4.69, 9.17) is 27.9 Å². The van der Waals surface area contributed by atoms with Crippen LogP contribution in [0.25, 0.3) is 10.8 Å². The lowest BCUT2D eigenvalue weighted by Crippen LogP contribution is -2.60. The molecule has 0 aromatic heterocycles. The van der Waals surface area contributed by atoms with Gasteiger partial charge in [-0.3, -0.25) is 24.2 Å². The molecule has 52 heavy (non-hydrogen) atoms. The SMILES string of the molecule is CC(C)(C)OC(=O)NC(Cc1ccc(Cl)cc1Cl)C(=O)N1CCN(CCc2ccc3ccccc3c2)CC1CCCN1C(=O)c2ccccc2C1=O. The summed E-state index contributed by atoms with van der Waals surface area (Å²) in [6, 6.07) is 25.6. The van der Waals surface area contributed by atoms with Crippen LogP contribution in [-0.2, 0) is 22.4 Å². The third kappa shape index (κ3) is 8.95. The Morgan fingerprint density at radius 3 is 2.25 bits per heavy atom. The van der Waals surface area contributed by atoms with Crippen LogP contribution in [0.5, 0.6) is 0 Å². The Morgan fingerprint density at radius 1 is 0.865 bits per heavy atom. The minimum absolute atomic E-state index is 0.137. The summed E-state index contributed by atoms with van der Waals surface area (Å²) in [6.45, 7) is 8.02. The number of alkyl carbamates (subject to hydrolysis) is 1. The molecule has 0 bridgehead atoms. The van der Waals surface area contributed by atoms with Crippen molar-refractivity contribution in [2.75, 3.05) is 32.7 Å². The number of fused-ring (bicyclic) bond motifs is 2. The number of carbonyl (C=O) groups excluding carboxylic acids is 4. The number of nitrogens with zero attached hydrogens (tertiary/aromatic N) is 3. The fourth-order valence-electron chi connectivity index (χ4n) is 7.03. The molecule has 272 valence electrons. The Hall–Kier alpha value is -4.44. The Kier molecular flexibility index (Phi) is 11.5. The summed E-state index contributed by atoms with van der Waals surface area (Å²) >= 11 is 12.7. The van der Waals surface area contributed by atoms with E-state index in [2.05, 4.69) is 40.5 Å². The molecule has 2 heterocycles. The van der Waals surface area contributed by atoms with Crippen molar-refractivity contribution in [3.63, 3.8) is 0 Å². The second-order valence-corrected chi connectivity index (χ2v) is 15.3. The number of ether oxygens (including phenoxy) is 1. The van der Waals surface area contributed by atoms with Gasteiger partial charge in [-0.25, -0.2) is 4.79 Å². The molecule has 0 aliphatic carbocycles. The lowest BCUT2D eigenvalue weighted by atomic mass is 10.00. The van der Waals surface area contributed by atoms with Crippen LogP contribution in [0.3, 0.4) is 0 Å². The average molecular weight is 744 g/mol. The van der Waals surface area contributed by atoms with Crippen molar-refractivity contribution in [1.82, 2.24) is 20.0 Å². The predicted octanol–water partition coefficient (Wildman–Crippen LogP) is 7.41. The van der Waals surface area contributed by atoms with Crippen LogP contribution in [0.1, 0.15) is 65.5 Å². The third-order valence-electron chi connectivity index (χ3n) is 9.61. The molecule has 0 radical (unpaired) electrons. The average Bonchev–Trinajstić information content (AvgIpc) is 3.35. The maximum atomic E-state index is 14.5. The molecule has 1 saturated heterocycles. The minimum atomic E-state index is -0.962. The van der Waals surface area contributed by atoms with Crippen molar-refractivity contribution in [1.29, 1.82) is 0 Å². The maximum Gasteiger partial charge on any atom is 0.408 e. The fourth-order valence-corrected chi connectivity index (χ4v) is 7.51. The van der Waals surface area contributed by atoms with Gasteiger partial charge in [0.25, 0.3) is 11.8 Å². The van der Waals surface area contributed by atoms with Gasteiger partial charge in [-0.05, 0) is 86.2 Å². The highest BCUT2D eigenvalue weighted by molar-refractivity contribution is 6.35. The maximum absolute atomic E-state index is 14.5. The second-order valence-electron chi connectivity index (χ2n) is 14.5. The normalized spacial score (nSPS) is 17.0. The number of nitrogens with one attached hydrogen (secondary N) is 1. The highest BCUT2D eigenvalue weighted by Crippen LogP contribution is 2.26. The quantitative estimate of drug-likeness (QED) is 0.161. The molecule has 6 rings (SSSR count). The van der Waals surface area contributed by atoms with Gasteiger partial charge in [-0.1, -0.05) is 83.9 Å².